The van der Waals surface area contributed by atoms with Crippen LogP contribution in [0.2, 0.25) is 0 Å². The average molecular weight is 393 g/mol. The maximum Gasteiger partial charge on any atom is 0.264 e. The molecule has 0 radical (unpaired) electrons. The van der Waals surface area contributed by atoms with Gasteiger partial charge in [0.1, 0.15) is 17.2 Å². The summed E-state index contributed by atoms with van der Waals surface area (Å²) in [6.45, 7) is 0. The topological polar surface area (TPSA) is 64.8 Å². The number of hydrogen-bond acceptors (Lipinski definition) is 5. The summed E-state index contributed by atoms with van der Waals surface area (Å²) in [6, 6.07) is 13.5. The second-order valence-electron chi connectivity index (χ2n) is 6.23. The molecule has 1 aliphatic rings. The van der Waals surface area contributed by atoms with Crippen LogP contribution in [0.15, 0.2) is 58.6 Å². The van der Waals surface area contributed by atoms with Gasteiger partial charge in [0.25, 0.3) is 5.91 Å². The third-order valence-corrected chi connectivity index (χ3v) is 5.38. The number of aromatic nitrogens is 1. The molecular formula is C21H19N3O3S. The number of methoxy groups -OCH3 is 2. The van der Waals surface area contributed by atoms with Crippen molar-refractivity contribution in [3.8, 4) is 11.5 Å². The first-order valence-corrected chi connectivity index (χ1v) is 9.46. The quantitative estimate of drug-likeness (QED) is 0.678. The van der Waals surface area contributed by atoms with Crippen molar-refractivity contribution in [2.45, 2.75) is 0 Å². The Morgan fingerprint density at radius 3 is 2.75 bits per heavy atom. The van der Waals surface area contributed by atoms with Crippen molar-refractivity contribution in [3.05, 3.63) is 59.1 Å². The molecule has 2 aromatic carbocycles. The number of para-hydroxylation sites is 1. The van der Waals surface area contributed by atoms with Crippen LogP contribution in [-0.4, -0.2) is 29.9 Å². The Hall–Kier alpha value is -3.19. The number of rotatable bonds is 4. The molecule has 2 heterocycles. The minimum Gasteiger partial charge on any atom is -0.497 e. The Kier molecular flexibility index (Phi) is 4.83. The van der Waals surface area contributed by atoms with Crippen LogP contribution in [0, 0.1) is 0 Å². The molecule has 1 aliphatic heterocycles. The lowest BCUT2D eigenvalue weighted by Gasteiger charge is -2.07. The lowest BCUT2D eigenvalue weighted by molar-refractivity contribution is -0.115. The number of carbonyl (C=O) groups excluding carboxylic acids is 1. The van der Waals surface area contributed by atoms with Gasteiger partial charge in [0.2, 0.25) is 0 Å². The first kappa shape index (κ1) is 18.2. The smallest absolute Gasteiger partial charge is 0.264 e. The Bertz CT molecular complexity index is 1130. The second-order valence-corrected chi connectivity index (χ2v) is 7.26. The van der Waals surface area contributed by atoms with E-state index >= 15 is 0 Å². The van der Waals surface area contributed by atoms with Gasteiger partial charge < -0.3 is 19.4 Å². The van der Waals surface area contributed by atoms with E-state index in [1.807, 2.05) is 31.5 Å². The summed E-state index contributed by atoms with van der Waals surface area (Å²) in [7, 11) is 5.16. The van der Waals surface area contributed by atoms with E-state index in [1.165, 1.54) is 11.8 Å². The van der Waals surface area contributed by atoms with E-state index in [2.05, 4.69) is 27.0 Å². The highest BCUT2D eigenvalue weighted by Gasteiger charge is 2.24. The van der Waals surface area contributed by atoms with Crippen molar-refractivity contribution in [1.82, 2.24) is 9.88 Å². The zero-order valence-corrected chi connectivity index (χ0v) is 16.5. The van der Waals surface area contributed by atoms with Crippen LogP contribution in [0.25, 0.3) is 17.0 Å². The molecule has 6 nitrogen and oxygen atoms in total. The molecule has 7 heteroatoms. The van der Waals surface area contributed by atoms with Crippen molar-refractivity contribution >= 4 is 45.5 Å². The summed E-state index contributed by atoms with van der Waals surface area (Å²) >= 11 is 1.31. The molecule has 0 bridgehead atoms. The summed E-state index contributed by atoms with van der Waals surface area (Å²) < 4.78 is 12.6. The molecule has 1 N–H and O–H groups in total. The summed E-state index contributed by atoms with van der Waals surface area (Å²) in [4.78, 5) is 17.6. The molecule has 0 unspecified atom stereocenters. The molecule has 0 aliphatic carbocycles. The molecule has 142 valence electrons. The number of ether oxygens (including phenoxy) is 2. The monoisotopic (exact) mass is 393 g/mol. The summed E-state index contributed by atoms with van der Waals surface area (Å²) in [5, 5.41) is 4.44. The Labute approximate surface area is 166 Å². The number of nitrogens with one attached hydrogen (secondary N) is 1. The van der Waals surface area contributed by atoms with Gasteiger partial charge in [-0.2, -0.15) is 0 Å². The maximum atomic E-state index is 12.4. The molecule has 1 aromatic heterocycles. The van der Waals surface area contributed by atoms with Gasteiger partial charge in [0.05, 0.1) is 19.1 Å². The number of nitrogens with zero attached hydrogens (tertiary/aromatic N) is 2. The summed E-state index contributed by atoms with van der Waals surface area (Å²) in [5.41, 5.74) is 2.74. The molecule has 4 rings (SSSR count). The van der Waals surface area contributed by atoms with Gasteiger partial charge in [-0.1, -0.05) is 18.2 Å². The normalized spacial score (nSPS) is 16.8. The van der Waals surface area contributed by atoms with Gasteiger partial charge in [-0.05, 0) is 36.0 Å². The fourth-order valence-electron chi connectivity index (χ4n) is 3.10. The number of fused-ring (bicyclic) bond motifs is 1. The first-order valence-electron chi connectivity index (χ1n) is 8.64. The Morgan fingerprint density at radius 2 is 1.96 bits per heavy atom. The standard InChI is InChI=1S/C21H19N3O3S/c1-24-12-13(15-6-4-5-7-17(15)24)10-19-20(25)23-21(28-19)22-16-9-8-14(26-2)11-18(16)27-3/h4-12H,1-3H3,(H,22,23,25)/b19-10-. The number of carbonyl (C=O) groups is 1. The largest absolute Gasteiger partial charge is 0.497 e. The highest BCUT2D eigenvalue weighted by molar-refractivity contribution is 8.18. The number of benzene rings is 2. The third-order valence-electron chi connectivity index (χ3n) is 4.47. The van der Waals surface area contributed by atoms with Crippen LogP contribution >= 0.6 is 11.8 Å². The molecule has 1 fully saturated rings. The van der Waals surface area contributed by atoms with E-state index in [1.54, 1.807) is 32.4 Å². The van der Waals surface area contributed by atoms with Crippen molar-refractivity contribution in [2.75, 3.05) is 14.2 Å². The average Bonchev–Trinajstić information content (AvgIpc) is 3.22. The van der Waals surface area contributed by atoms with Crippen LogP contribution < -0.4 is 14.8 Å². The van der Waals surface area contributed by atoms with Crippen molar-refractivity contribution in [1.29, 1.82) is 0 Å². The fraction of sp³-hybridized carbons (Fsp3) is 0.143. The number of hydrogen-bond donors (Lipinski definition) is 1. The maximum absolute atomic E-state index is 12.4. The molecular weight excluding hydrogens is 374 g/mol. The van der Waals surface area contributed by atoms with Crippen LogP contribution in [0.4, 0.5) is 5.69 Å². The van der Waals surface area contributed by atoms with Gasteiger partial charge in [-0.3, -0.25) is 4.79 Å². The molecule has 28 heavy (non-hydrogen) atoms. The van der Waals surface area contributed by atoms with Gasteiger partial charge in [-0.15, -0.1) is 0 Å². The number of aliphatic imine (C=N–C) groups is 1. The minimum absolute atomic E-state index is 0.163. The summed E-state index contributed by atoms with van der Waals surface area (Å²) in [6.07, 6.45) is 3.92. The van der Waals surface area contributed by atoms with Gasteiger partial charge in [0.15, 0.2) is 5.17 Å². The molecule has 1 amide bonds. The number of amides is 1. The number of thioether (sulfide) groups is 1. The molecule has 3 aromatic rings. The second kappa shape index (κ2) is 7.44. The van der Waals surface area contributed by atoms with E-state index < -0.39 is 0 Å². The van der Waals surface area contributed by atoms with Crippen LogP contribution in [0.5, 0.6) is 11.5 Å². The lowest BCUT2D eigenvalue weighted by atomic mass is 10.1. The SMILES string of the molecule is COc1ccc(N=C2NC(=O)/C(=C/c3cn(C)c4ccccc34)S2)c(OC)c1. The van der Waals surface area contributed by atoms with E-state index in [9.17, 15) is 4.79 Å². The molecule has 1 saturated heterocycles. The van der Waals surface area contributed by atoms with Crippen molar-refractivity contribution in [3.63, 3.8) is 0 Å². The van der Waals surface area contributed by atoms with Crippen molar-refractivity contribution in [2.24, 2.45) is 12.0 Å². The Morgan fingerprint density at radius 1 is 1.14 bits per heavy atom. The lowest BCUT2D eigenvalue weighted by Crippen LogP contribution is -2.19. The van der Waals surface area contributed by atoms with E-state index in [0.717, 1.165) is 16.5 Å². The van der Waals surface area contributed by atoms with E-state index in [-0.39, 0.29) is 5.91 Å². The zero-order valence-electron chi connectivity index (χ0n) is 15.7. The van der Waals surface area contributed by atoms with Crippen LogP contribution in [0.3, 0.4) is 0 Å². The number of aryl methyl sites for hydroxylation is 1. The molecule has 0 spiro atoms. The molecule has 0 saturated carbocycles. The zero-order chi connectivity index (χ0) is 19.7. The van der Waals surface area contributed by atoms with E-state index in [0.29, 0.717) is 27.3 Å². The Balaban J connectivity index is 1.66. The number of amidine groups is 1. The van der Waals surface area contributed by atoms with Gasteiger partial charge in [-0.25, -0.2) is 4.99 Å². The third kappa shape index (κ3) is 3.36. The predicted molar refractivity (Wildman–Crippen MR) is 113 cm³/mol. The predicted octanol–water partition coefficient (Wildman–Crippen LogP) is 4.09. The highest BCUT2D eigenvalue weighted by Crippen LogP contribution is 2.35. The first-order chi connectivity index (χ1) is 13.6. The molecule has 0 atom stereocenters. The van der Waals surface area contributed by atoms with Crippen molar-refractivity contribution < 1.29 is 14.3 Å². The van der Waals surface area contributed by atoms with Crippen LogP contribution in [0.1, 0.15) is 5.56 Å². The van der Waals surface area contributed by atoms with E-state index in [4.69, 9.17) is 9.47 Å². The van der Waals surface area contributed by atoms with Gasteiger partial charge in [0, 0.05) is 35.8 Å². The summed E-state index contributed by atoms with van der Waals surface area (Å²) in [5.74, 6) is 1.10. The minimum atomic E-state index is -0.163. The van der Waals surface area contributed by atoms with Gasteiger partial charge >= 0.3 is 0 Å². The van der Waals surface area contributed by atoms with Crippen LogP contribution in [-0.2, 0) is 11.8 Å². The highest BCUT2D eigenvalue weighted by atomic mass is 32.2. The fourth-order valence-corrected chi connectivity index (χ4v) is 3.92.